The smallest absolute Gasteiger partial charge is 0.257 e. The number of hydrogen-bond donors (Lipinski definition) is 2. The first kappa shape index (κ1) is 14.9. The Kier molecular flexibility index (Phi) is 4.06. The monoisotopic (exact) mass is 334 g/mol. The molecular weight excluding hydrogens is 320 g/mol. The van der Waals surface area contributed by atoms with Crippen LogP contribution in [-0.2, 0) is 16.4 Å². The number of hydrazine groups is 1. The van der Waals surface area contributed by atoms with E-state index in [2.05, 4.69) is 20.2 Å². The Bertz CT molecular complexity index is 873. The zero-order valence-corrected chi connectivity index (χ0v) is 13.4. The zero-order chi connectivity index (χ0) is 15.6. The molecule has 0 radical (unpaired) electrons. The topological polar surface area (TPSA) is 84.0 Å². The molecule has 1 aromatic carbocycles. The number of benzene rings is 1. The van der Waals surface area contributed by atoms with Gasteiger partial charge in [0.05, 0.1) is 4.90 Å². The first-order chi connectivity index (χ1) is 10.6. The van der Waals surface area contributed by atoms with Crippen LogP contribution in [0.25, 0.3) is 10.3 Å². The van der Waals surface area contributed by atoms with Gasteiger partial charge in [0.2, 0.25) is 5.13 Å². The Labute approximate surface area is 132 Å². The molecule has 0 saturated heterocycles. The molecule has 0 amide bonds. The molecule has 0 aliphatic carbocycles. The van der Waals surface area contributed by atoms with Crippen molar-refractivity contribution in [3.63, 3.8) is 0 Å². The number of rotatable bonds is 5. The lowest BCUT2D eigenvalue weighted by atomic mass is 10.2. The Morgan fingerprint density at radius 3 is 2.86 bits per heavy atom. The lowest BCUT2D eigenvalue weighted by Gasteiger charge is -2.08. The maximum absolute atomic E-state index is 12.3. The van der Waals surface area contributed by atoms with Crippen molar-refractivity contribution in [2.75, 3.05) is 5.43 Å². The second-order valence-electron chi connectivity index (χ2n) is 4.58. The first-order valence-corrected chi connectivity index (χ1v) is 8.97. The summed E-state index contributed by atoms with van der Waals surface area (Å²) in [6.07, 6.45) is 2.45. The predicted octanol–water partition coefficient (Wildman–Crippen LogP) is 2.56. The summed E-state index contributed by atoms with van der Waals surface area (Å²) in [6.45, 7) is 1.98. The summed E-state index contributed by atoms with van der Waals surface area (Å²) in [5.41, 5.74) is 4.33. The summed E-state index contributed by atoms with van der Waals surface area (Å²) in [7, 11) is -3.64. The third kappa shape index (κ3) is 3.08. The number of fused-ring (bicyclic) bond motifs is 1. The molecule has 6 nitrogen and oxygen atoms in total. The molecule has 0 saturated carbocycles. The largest absolute Gasteiger partial charge is 0.283 e. The van der Waals surface area contributed by atoms with Crippen LogP contribution in [0.5, 0.6) is 0 Å². The van der Waals surface area contributed by atoms with E-state index < -0.39 is 10.0 Å². The number of aromatic nitrogens is 2. The number of aryl methyl sites for hydroxylation is 1. The molecule has 2 aromatic heterocycles. The number of hydrogen-bond acceptors (Lipinski definition) is 6. The van der Waals surface area contributed by atoms with Gasteiger partial charge in [-0.25, -0.2) is 18.4 Å². The van der Waals surface area contributed by atoms with E-state index in [1.807, 2.05) is 19.1 Å². The molecule has 0 atom stereocenters. The van der Waals surface area contributed by atoms with Crippen LogP contribution in [0, 0.1) is 0 Å². The van der Waals surface area contributed by atoms with E-state index in [4.69, 9.17) is 0 Å². The number of nitrogens with one attached hydrogen (secondary N) is 2. The Morgan fingerprint density at radius 2 is 2.09 bits per heavy atom. The molecule has 8 heteroatoms. The number of anilines is 1. The highest BCUT2D eigenvalue weighted by atomic mass is 32.2. The molecule has 0 bridgehead atoms. The molecule has 0 aliphatic rings. The minimum atomic E-state index is -3.64. The Balaban J connectivity index is 1.79. The standard InChI is InChI=1S/C14H14N4O2S2/c1-2-10-5-3-6-11(9-10)22(19,20)18-17-14-16-12-7-4-8-15-13(12)21-14/h3-9,18H,2H2,1H3,(H,16,17). The van der Waals surface area contributed by atoms with Crippen LogP contribution < -0.4 is 10.3 Å². The highest BCUT2D eigenvalue weighted by molar-refractivity contribution is 7.89. The highest BCUT2D eigenvalue weighted by Gasteiger charge is 2.15. The zero-order valence-electron chi connectivity index (χ0n) is 11.8. The summed E-state index contributed by atoms with van der Waals surface area (Å²) < 4.78 is 24.6. The molecule has 0 spiro atoms. The van der Waals surface area contributed by atoms with Gasteiger partial charge in [-0.05, 0) is 36.2 Å². The van der Waals surface area contributed by atoms with E-state index in [1.54, 1.807) is 30.5 Å². The van der Waals surface area contributed by atoms with Crippen molar-refractivity contribution < 1.29 is 8.42 Å². The molecule has 22 heavy (non-hydrogen) atoms. The van der Waals surface area contributed by atoms with Crippen molar-refractivity contribution in [3.05, 3.63) is 48.2 Å². The van der Waals surface area contributed by atoms with Crippen molar-refractivity contribution in [2.24, 2.45) is 0 Å². The van der Waals surface area contributed by atoms with Crippen LogP contribution in [0.4, 0.5) is 5.13 Å². The van der Waals surface area contributed by atoms with E-state index >= 15 is 0 Å². The number of sulfonamides is 1. The quantitative estimate of drug-likeness (QED) is 0.701. The first-order valence-electron chi connectivity index (χ1n) is 6.67. The highest BCUT2D eigenvalue weighted by Crippen LogP contribution is 2.23. The summed E-state index contributed by atoms with van der Waals surface area (Å²) in [4.78, 5) is 11.7. The fraction of sp³-hybridized carbons (Fsp3) is 0.143. The number of pyridine rings is 1. The van der Waals surface area contributed by atoms with Gasteiger partial charge in [0.1, 0.15) is 10.3 Å². The third-order valence-corrected chi connectivity index (χ3v) is 5.22. The SMILES string of the molecule is CCc1cccc(S(=O)(=O)NNc2nc3cccnc3s2)c1. The summed E-state index contributed by atoms with van der Waals surface area (Å²) in [5, 5.41) is 0.448. The molecule has 2 N–H and O–H groups in total. The maximum Gasteiger partial charge on any atom is 0.257 e. The van der Waals surface area contributed by atoms with Crippen molar-refractivity contribution in [1.29, 1.82) is 0 Å². The normalized spacial score (nSPS) is 11.7. The molecule has 0 unspecified atom stereocenters. The maximum atomic E-state index is 12.3. The van der Waals surface area contributed by atoms with Crippen LogP contribution in [0.2, 0.25) is 0 Å². The van der Waals surface area contributed by atoms with Gasteiger partial charge in [0, 0.05) is 6.20 Å². The second-order valence-corrected chi connectivity index (χ2v) is 7.24. The van der Waals surface area contributed by atoms with Gasteiger partial charge in [0.25, 0.3) is 10.0 Å². The molecule has 3 aromatic rings. The third-order valence-electron chi connectivity index (χ3n) is 3.08. The minimum Gasteiger partial charge on any atom is -0.283 e. The van der Waals surface area contributed by atoms with Gasteiger partial charge >= 0.3 is 0 Å². The Morgan fingerprint density at radius 1 is 1.23 bits per heavy atom. The fourth-order valence-electron chi connectivity index (χ4n) is 1.93. The van der Waals surface area contributed by atoms with Crippen molar-refractivity contribution in [3.8, 4) is 0 Å². The predicted molar refractivity (Wildman–Crippen MR) is 87.2 cm³/mol. The summed E-state index contributed by atoms with van der Waals surface area (Å²) in [6, 6.07) is 10.4. The lowest BCUT2D eigenvalue weighted by Crippen LogP contribution is -2.29. The van der Waals surface area contributed by atoms with Crippen LogP contribution in [-0.4, -0.2) is 18.4 Å². The second kappa shape index (κ2) is 5.99. The molecule has 0 fully saturated rings. The van der Waals surface area contributed by atoms with Gasteiger partial charge in [0.15, 0.2) is 0 Å². The average Bonchev–Trinajstić information content (AvgIpc) is 2.96. The molecule has 0 aliphatic heterocycles. The van der Waals surface area contributed by atoms with Crippen molar-refractivity contribution in [1.82, 2.24) is 14.8 Å². The van der Waals surface area contributed by atoms with Crippen LogP contribution >= 0.6 is 11.3 Å². The van der Waals surface area contributed by atoms with E-state index in [9.17, 15) is 8.42 Å². The van der Waals surface area contributed by atoms with Gasteiger partial charge in [-0.3, -0.25) is 5.43 Å². The van der Waals surface area contributed by atoms with E-state index in [0.29, 0.717) is 5.13 Å². The van der Waals surface area contributed by atoms with Gasteiger partial charge in [-0.2, -0.15) is 0 Å². The van der Waals surface area contributed by atoms with Crippen molar-refractivity contribution in [2.45, 2.75) is 18.2 Å². The summed E-state index contributed by atoms with van der Waals surface area (Å²) >= 11 is 1.28. The number of thiazole rings is 1. The minimum absolute atomic E-state index is 0.221. The number of nitrogens with zero attached hydrogens (tertiary/aromatic N) is 2. The summed E-state index contributed by atoms with van der Waals surface area (Å²) in [5.74, 6) is 0. The molecule has 3 rings (SSSR count). The lowest BCUT2D eigenvalue weighted by molar-refractivity contribution is 0.587. The van der Waals surface area contributed by atoms with E-state index in [-0.39, 0.29) is 4.90 Å². The van der Waals surface area contributed by atoms with E-state index in [0.717, 1.165) is 22.3 Å². The average molecular weight is 334 g/mol. The van der Waals surface area contributed by atoms with Crippen LogP contribution in [0.3, 0.4) is 0 Å². The Hall–Kier alpha value is -2.03. The molecule has 114 valence electrons. The van der Waals surface area contributed by atoms with Crippen LogP contribution in [0.1, 0.15) is 12.5 Å². The van der Waals surface area contributed by atoms with Gasteiger partial charge in [-0.15, -0.1) is 4.83 Å². The molecular formula is C14H14N4O2S2. The van der Waals surface area contributed by atoms with Crippen LogP contribution in [0.15, 0.2) is 47.5 Å². The molecule has 2 heterocycles. The van der Waals surface area contributed by atoms with E-state index in [1.165, 1.54) is 11.3 Å². The van der Waals surface area contributed by atoms with Gasteiger partial charge in [-0.1, -0.05) is 30.4 Å². The van der Waals surface area contributed by atoms with Gasteiger partial charge < -0.3 is 0 Å². The fourth-order valence-corrected chi connectivity index (χ4v) is 3.66. The van der Waals surface area contributed by atoms with Crippen molar-refractivity contribution >= 4 is 36.8 Å².